The number of benzene rings is 1. The maximum Gasteiger partial charge on any atom is 0.201 e. The number of nitrogens with zero attached hydrogens (tertiary/aromatic N) is 2. The van der Waals surface area contributed by atoms with Gasteiger partial charge in [-0.05, 0) is 50.8 Å². The van der Waals surface area contributed by atoms with Crippen molar-refractivity contribution < 1.29 is 0 Å². The third kappa shape index (κ3) is 1.61. The highest BCUT2D eigenvalue weighted by atomic mass is 35.5. The van der Waals surface area contributed by atoms with Crippen molar-refractivity contribution in [2.45, 2.75) is 32.2 Å². The largest absolute Gasteiger partial charge is 0.369 e. The first-order valence-corrected chi connectivity index (χ1v) is 6.32. The summed E-state index contributed by atoms with van der Waals surface area (Å²) in [6, 6.07) is 5.72. The Hall–Kier alpha value is -1.22. The van der Waals surface area contributed by atoms with Crippen LogP contribution in [0.1, 0.15) is 26.7 Å². The molecule has 0 spiro atoms. The molecule has 2 aromatic rings. The Kier molecular flexibility index (Phi) is 2.17. The molecular weight excluding hydrogens is 234 g/mol. The summed E-state index contributed by atoms with van der Waals surface area (Å²) in [4.78, 5) is 4.41. The lowest BCUT2D eigenvalue weighted by Gasteiger charge is -2.28. The van der Waals surface area contributed by atoms with Crippen molar-refractivity contribution in [3.63, 3.8) is 0 Å². The van der Waals surface area contributed by atoms with Crippen molar-refractivity contribution >= 4 is 28.6 Å². The second-order valence-corrected chi connectivity index (χ2v) is 5.80. The van der Waals surface area contributed by atoms with Crippen LogP contribution >= 0.6 is 11.6 Å². The summed E-state index contributed by atoms with van der Waals surface area (Å²) >= 11 is 6.06. The van der Waals surface area contributed by atoms with Crippen LogP contribution in [0.5, 0.6) is 0 Å². The summed E-state index contributed by atoms with van der Waals surface area (Å²) in [5, 5.41) is 0.727. The average Bonchev–Trinajstić information content (AvgIpc) is 3.02. The summed E-state index contributed by atoms with van der Waals surface area (Å²) in [5.41, 5.74) is 8.03. The molecule has 3 rings (SSSR count). The molecule has 1 fully saturated rings. The van der Waals surface area contributed by atoms with Gasteiger partial charge in [0.15, 0.2) is 0 Å². The van der Waals surface area contributed by atoms with Crippen LogP contribution in [0.25, 0.3) is 11.0 Å². The molecule has 3 nitrogen and oxygen atoms in total. The van der Waals surface area contributed by atoms with E-state index in [-0.39, 0.29) is 5.54 Å². The van der Waals surface area contributed by atoms with Gasteiger partial charge in [-0.15, -0.1) is 0 Å². The lowest BCUT2D eigenvalue weighted by Crippen LogP contribution is -2.29. The van der Waals surface area contributed by atoms with Crippen molar-refractivity contribution in [2.75, 3.05) is 5.73 Å². The van der Waals surface area contributed by atoms with E-state index < -0.39 is 0 Å². The number of aromatic nitrogens is 2. The highest BCUT2D eigenvalue weighted by Gasteiger charge is 2.40. The second-order valence-electron chi connectivity index (χ2n) is 5.37. The van der Waals surface area contributed by atoms with Crippen LogP contribution in [0.2, 0.25) is 5.02 Å². The van der Waals surface area contributed by atoms with Crippen LogP contribution in [0.3, 0.4) is 0 Å². The number of nitrogens with two attached hydrogens (primary N) is 1. The predicted octanol–water partition coefficient (Wildman–Crippen LogP) is 3.42. The second kappa shape index (κ2) is 3.39. The Morgan fingerprint density at radius 3 is 2.76 bits per heavy atom. The van der Waals surface area contributed by atoms with Crippen molar-refractivity contribution in [3.8, 4) is 0 Å². The molecule has 0 bridgehead atoms. The molecule has 0 aliphatic heterocycles. The Balaban J connectivity index is 2.27. The molecule has 1 aromatic carbocycles. The fourth-order valence-electron chi connectivity index (χ4n) is 2.65. The number of anilines is 1. The van der Waals surface area contributed by atoms with Crippen molar-refractivity contribution in [1.29, 1.82) is 0 Å². The minimum absolute atomic E-state index is 0.0174. The van der Waals surface area contributed by atoms with E-state index >= 15 is 0 Å². The molecule has 0 unspecified atom stereocenters. The van der Waals surface area contributed by atoms with Gasteiger partial charge in [0.2, 0.25) is 5.95 Å². The van der Waals surface area contributed by atoms with Gasteiger partial charge in [0.25, 0.3) is 0 Å². The molecule has 1 aliphatic rings. The van der Waals surface area contributed by atoms with E-state index in [4.69, 9.17) is 17.3 Å². The summed E-state index contributed by atoms with van der Waals surface area (Å²) < 4.78 is 2.13. The van der Waals surface area contributed by atoms with E-state index in [0.29, 0.717) is 11.9 Å². The summed E-state index contributed by atoms with van der Waals surface area (Å²) in [6.07, 6.45) is 2.54. The molecular formula is C13H16ClN3. The van der Waals surface area contributed by atoms with Gasteiger partial charge in [-0.1, -0.05) is 11.6 Å². The number of halogens is 1. The Morgan fingerprint density at radius 1 is 1.41 bits per heavy atom. The van der Waals surface area contributed by atoms with Gasteiger partial charge in [0.1, 0.15) is 0 Å². The predicted molar refractivity (Wildman–Crippen MR) is 71.2 cm³/mol. The minimum atomic E-state index is 0.0174. The number of rotatable bonds is 2. The van der Waals surface area contributed by atoms with Gasteiger partial charge in [-0.25, -0.2) is 4.98 Å². The van der Waals surface area contributed by atoms with E-state index in [1.807, 2.05) is 18.2 Å². The molecule has 0 atom stereocenters. The quantitative estimate of drug-likeness (QED) is 0.886. The number of hydrogen-bond donors (Lipinski definition) is 1. The molecule has 4 heteroatoms. The molecule has 0 radical (unpaired) electrons. The highest BCUT2D eigenvalue weighted by molar-refractivity contribution is 6.31. The summed E-state index contributed by atoms with van der Waals surface area (Å²) in [7, 11) is 0. The monoisotopic (exact) mass is 249 g/mol. The SMILES string of the molecule is CC(C)(C1CC1)n1c(N)nc2ccc(Cl)cc21. The maximum absolute atomic E-state index is 6.06. The molecule has 90 valence electrons. The molecule has 0 saturated heterocycles. The summed E-state index contributed by atoms with van der Waals surface area (Å²) in [6.45, 7) is 4.45. The maximum atomic E-state index is 6.06. The molecule has 1 aliphatic carbocycles. The van der Waals surface area contributed by atoms with Gasteiger partial charge in [-0.3, -0.25) is 0 Å². The van der Waals surface area contributed by atoms with Gasteiger partial charge in [0, 0.05) is 10.6 Å². The number of imidazole rings is 1. The van der Waals surface area contributed by atoms with Crippen LogP contribution in [0, 0.1) is 5.92 Å². The van der Waals surface area contributed by atoms with E-state index in [2.05, 4.69) is 23.4 Å². The van der Waals surface area contributed by atoms with Crippen LogP contribution in [-0.4, -0.2) is 9.55 Å². The molecule has 1 heterocycles. The molecule has 1 saturated carbocycles. The zero-order valence-corrected chi connectivity index (χ0v) is 10.8. The van der Waals surface area contributed by atoms with Crippen molar-refractivity contribution in [3.05, 3.63) is 23.2 Å². The first kappa shape index (κ1) is 10.9. The van der Waals surface area contributed by atoms with Gasteiger partial charge < -0.3 is 10.3 Å². The van der Waals surface area contributed by atoms with Crippen LogP contribution in [-0.2, 0) is 5.54 Å². The van der Waals surface area contributed by atoms with E-state index in [1.54, 1.807) is 0 Å². The fraction of sp³-hybridized carbons (Fsp3) is 0.462. The smallest absolute Gasteiger partial charge is 0.201 e. The van der Waals surface area contributed by atoms with E-state index in [0.717, 1.165) is 16.1 Å². The number of fused-ring (bicyclic) bond motifs is 1. The minimum Gasteiger partial charge on any atom is -0.369 e. The Morgan fingerprint density at radius 2 is 2.12 bits per heavy atom. The average molecular weight is 250 g/mol. The lowest BCUT2D eigenvalue weighted by molar-refractivity contribution is 0.318. The molecule has 0 amide bonds. The standard InChI is InChI=1S/C13H16ClN3/c1-13(2,8-3-4-8)17-11-7-9(14)5-6-10(11)16-12(17)15/h5-8H,3-4H2,1-2H3,(H2,15,16). The molecule has 1 aromatic heterocycles. The Labute approximate surface area is 106 Å². The summed E-state index contributed by atoms with van der Waals surface area (Å²) in [5.74, 6) is 1.28. The van der Waals surface area contributed by atoms with Gasteiger partial charge in [-0.2, -0.15) is 0 Å². The topological polar surface area (TPSA) is 43.8 Å². The van der Waals surface area contributed by atoms with E-state index in [9.17, 15) is 0 Å². The van der Waals surface area contributed by atoms with E-state index in [1.165, 1.54) is 12.8 Å². The van der Waals surface area contributed by atoms with Crippen molar-refractivity contribution in [2.24, 2.45) is 5.92 Å². The zero-order valence-electron chi connectivity index (χ0n) is 10.1. The van der Waals surface area contributed by atoms with Crippen molar-refractivity contribution in [1.82, 2.24) is 9.55 Å². The third-order valence-corrected chi connectivity index (χ3v) is 4.03. The van der Waals surface area contributed by atoms with Crippen LogP contribution in [0.4, 0.5) is 5.95 Å². The third-order valence-electron chi connectivity index (χ3n) is 3.80. The lowest BCUT2D eigenvalue weighted by atomic mass is 9.98. The van der Waals surface area contributed by atoms with Gasteiger partial charge >= 0.3 is 0 Å². The zero-order chi connectivity index (χ0) is 12.2. The van der Waals surface area contributed by atoms with Crippen LogP contribution in [0.15, 0.2) is 18.2 Å². The highest BCUT2D eigenvalue weighted by Crippen LogP contribution is 2.46. The van der Waals surface area contributed by atoms with Crippen LogP contribution < -0.4 is 5.73 Å². The van der Waals surface area contributed by atoms with Gasteiger partial charge in [0.05, 0.1) is 11.0 Å². The number of nitrogen functional groups attached to an aromatic ring is 1. The molecule has 17 heavy (non-hydrogen) atoms. The normalized spacial score (nSPS) is 16.6. The first-order chi connectivity index (χ1) is 8.00. The first-order valence-electron chi connectivity index (χ1n) is 5.94. The number of hydrogen-bond acceptors (Lipinski definition) is 2. The molecule has 2 N–H and O–H groups in total. The Bertz CT molecular complexity index is 582. The fourth-order valence-corrected chi connectivity index (χ4v) is 2.81.